The molecule has 8 heteroatoms. The molecule has 2 aromatic rings. The van der Waals surface area contributed by atoms with Gasteiger partial charge in [0.2, 0.25) is 0 Å². The molecule has 0 aliphatic heterocycles. The molecule has 0 saturated heterocycles. The predicted octanol–water partition coefficient (Wildman–Crippen LogP) is 3.32. The van der Waals surface area contributed by atoms with Gasteiger partial charge in [0, 0.05) is 6.07 Å². The van der Waals surface area contributed by atoms with Gasteiger partial charge in [-0.3, -0.25) is 14.9 Å². The lowest BCUT2D eigenvalue weighted by Crippen LogP contribution is -2.36. The molecule has 2 aromatic carbocycles. The van der Waals surface area contributed by atoms with Crippen molar-refractivity contribution in [2.75, 3.05) is 5.32 Å². The summed E-state index contributed by atoms with van der Waals surface area (Å²) in [5, 5.41) is 13.4. The third-order valence-electron chi connectivity index (χ3n) is 3.68. The molecule has 0 bridgehead atoms. The van der Waals surface area contributed by atoms with Crippen LogP contribution in [-0.2, 0) is 14.3 Å². The van der Waals surface area contributed by atoms with Crippen molar-refractivity contribution < 1.29 is 24.0 Å². The van der Waals surface area contributed by atoms with Crippen LogP contribution in [0.1, 0.15) is 20.3 Å². The van der Waals surface area contributed by atoms with Gasteiger partial charge < -0.3 is 14.8 Å². The summed E-state index contributed by atoms with van der Waals surface area (Å²) < 4.78 is 10.7. The molecule has 0 aliphatic rings. The topological polar surface area (TPSA) is 108 Å². The highest BCUT2D eigenvalue weighted by molar-refractivity contribution is 5.97. The summed E-state index contributed by atoms with van der Waals surface area (Å²) >= 11 is 0. The zero-order chi connectivity index (χ0) is 19.8. The van der Waals surface area contributed by atoms with Crippen LogP contribution in [0.5, 0.6) is 5.75 Å². The summed E-state index contributed by atoms with van der Waals surface area (Å²) in [6.45, 7) is 3.14. The van der Waals surface area contributed by atoms with Crippen LogP contribution < -0.4 is 10.1 Å². The molecule has 0 radical (unpaired) electrons. The number of nitrogens with one attached hydrogen (secondary N) is 1. The number of anilines is 1. The molecule has 0 fully saturated rings. The van der Waals surface area contributed by atoms with Crippen LogP contribution in [0.4, 0.5) is 11.4 Å². The Balaban J connectivity index is 1.98. The van der Waals surface area contributed by atoms with E-state index in [9.17, 15) is 19.7 Å². The molecule has 2 rings (SSSR count). The van der Waals surface area contributed by atoms with E-state index in [0.717, 1.165) is 0 Å². The first-order valence-electron chi connectivity index (χ1n) is 8.38. The van der Waals surface area contributed by atoms with E-state index in [-0.39, 0.29) is 11.4 Å². The molecular weight excluding hydrogens is 352 g/mol. The molecule has 1 amide bonds. The maximum atomic E-state index is 12.3. The number of hydrogen-bond donors (Lipinski definition) is 1. The van der Waals surface area contributed by atoms with Gasteiger partial charge in [0.1, 0.15) is 11.4 Å². The normalized spacial score (nSPS) is 12.5. The van der Waals surface area contributed by atoms with Crippen molar-refractivity contribution in [1.29, 1.82) is 0 Å². The van der Waals surface area contributed by atoms with Crippen molar-refractivity contribution in [3.05, 3.63) is 64.7 Å². The summed E-state index contributed by atoms with van der Waals surface area (Å²) in [5.74, 6) is -0.850. The smallest absolute Gasteiger partial charge is 0.348 e. The number of nitro groups is 1. The van der Waals surface area contributed by atoms with Crippen molar-refractivity contribution in [1.82, 2.24) is 0 Å². The Morgan fingerprint density at radius 2 is 1.74 bits per heavy atom. The number of amides is 1. The molecule has 0 heterocycles. The summed E-state index contributed by atoms with van der Waals surface area (Å²) in [6, 6.07) is 14.5. The second kappa shape index (κ2) is 9.33. The van der Waals surface area contributed by atoms with Crippen LogP contribution in [0.3, 0.4) is 0 Å². The van der Waals surface area contributed by atoms with Crippen LogP contribution in [0.2, 0.25) is 0 Å². The Morgan fingerprint density at radius 1 is 1.11 bits per heavy atom. The van der Waals surface area contributed by atoms with Gasteiger partial charge in [-0.15, -0.1) is 0 Å². The first-order chi connectivity index (χ1) is 12.9. The quantitative estimate of drug-likeness (QED) is 0.433. The summed E-state index contributed by atoms with van der Waals surface area (Å²) in [6.07, 6.45) is -1.66. The number of ether oxygens (including phenoxy) is 2. The predicted molar refractivity (Wildman–Crippen MR) is 98.4 cm³/mol. The number of hydrogen-bond acceptors (Lipinski definition) is 6. The Hall–Kier alpha value is -3.42. The minimum Gasteiger partial charge on any atom is -0.479 e. The summed E-state index contributed by atoms with van der Waals surface area (Å²) in [4.78, 5) is 34.9. The standard InChI is InChI=1S/C19H20N2O6/c1-3-17(27-14-9-5-4-6-10-14)19(23)26-13(2)18(22)20-15-11-7-8-12-16(15)21(24)25/h4-13,17H,3H2,1-2H3,(H,20,22)/t13-,17-/m1/s1. The first-order valence-corrected chi connectivity index (χ1v) is 8.38. The van der Waals surface area contributed by atoms with Crippen LogP contribution in [0, 0.1) is 10.1 Å². The maximum absolute atomic E-state index is 12.3. The van der Waals surface area contributed by atoms with Crippen LogP contribution in [-0.4, -0.2) is 29.0 Å². The highest BCUT2D eigenvalue weighted by Crippen LogP contribution is 2.23. The van der Waals surface area contributed by atoms with Crippen LogP contribution in [0.25, 0.3) is 0 Å². The summed E-state index contributed by atoms with van der Waals surface area (Å²) in [5.41, 5.74) is -0.216. The van der Waals surface area contributed by atoms with Crippen molar-refractivity contribution in [2.24, 2.45) is 0 Å². The number of carbonyl (C=O) groups excluding carboxylic acids is 2. The van der Waals surface area contributed by atoms with Crippen LogP contribution in [0.15, 0.2) is 54.6 Å². The third-order valence-corrected chi connectivity index (χ3v) is 3.68. The fourth-order valence-corrected chi connectivity index (χ4v) is 2.24. The van der Waals surface area contributed by atoms with E-state index >= 15 is 0 Å². The van der Waals surface area contributed by atoms with E-state index in [0.29, 0.717) is 12.2 Å². The fraction of sp³-hybridized carbons (Fsp3) is 0.263. The number of nitrogens with zero attached hydrogens (tertiary/aromatic N) is 1. The summed E-state index contributed by atoms with van der Waals surface area (Å²) in [7, 11) is 0. The van der Waals surface area contributed by atoms with Gasteiger partial charge >= 0.3 is 5.97 Å². The average Bonchev–Trinajstić information content (AvgIpc) is 2.66. The lowest BCUT2D eigenvalue weighted by atomic mass is 10.2. The van der Waals surface area contributed by atoms with Gasteiger partial charge in [0.25, 0.3) is 11.6 Å². The minimum absolute atomic E-state index is 0.0305. The van der Waals surface area contributed by atoms with Gasteiger partial charge in [-0.2, -0.15) is 0 Å². The van der Waals surface area contributed by atoms with Crippen molar-refractivity contribution >= 4 is 23.3 Å². The monoisotopic (exact) mass is 372 g/mol. The first kappa shape index (κ1) is 19.9. The Morgan fingerprint density at radius 3 is 2.37 bits per heavy atom. The van der Waals surface area contributed by atoms with E-state index in [4.69, 9.17) is 9.47 Å². The molecule has 142 valence electrons. The number of rotatable bonds is 8. The zero-order valence-electron chi connectivity index (χ0n) is 15.0. The van der Waals surface area contributed by atoms with Crippen molar-refractivity contribution in [2.45, 2.75) is 32.5 Å². The number of carbonyl (C=O) groups is 2. The fourth-order valence-electron chi connectivity index (χ4n) is 2.24. The maximum Gasteiger partial charge on any atom is 0.348 e. The molecule has 0 unspecified atom stereocenters. The highest BCUT2D eigenvalue weighted by Gasteiger charge is 2.26. The molecule has 0 aromatic heterocycles. The lowest BCUT2D eigenvalue weighted by molar-refractivity contribution is -0.383. The zero-order valence-corrected chi connectivity index (χ0v) is 15.0. The average molecular weight is 372 g/mol. The minimum atomic E-state index is -1.15. The van der Waals surface area contributed by atoms with Gasteiger partial charge in [-0.1, -0.05) is 37.3 Å². The van der Waals surface area contributed by atoms with Gasteiger partial charge in [0.15, 0.2) is 12.2 Å². The number of para-hydroxylation sites is 3. The molecule has 2 atom stereocenters. The second-order valence-corrected chi connectivity index (χ2v) is 5.67. The third kappa shape index (κ3) is 5.53. The van der Waals surface area contributed by atoms with E-state index in [1.807, 2.05) is 6.07 Å². The Bertz CT molecular complexity index is 809. The molecule has 0 aliphatic carbocycles. The molecule has 0 saturated carbocycles. The van der Waals surface area contributed by atoms with E-state index in [1.54, 1.807) is 37.3 Å². The SMILES string of the molecule is CC[C@@H](Oc1ccccc1)C(=O)O[C@H](C)C(=O)Nc1ccccc1[N+](=O)[O-]. The van der Waals surface area contributed by atoms with E-state index in [1.165, 1.54) is 25.1 Å². The molecule has 27 heavy (non-hydrogen) atoms. The number of benzene rings is 2. The van der Waals surface area contributed by atoms with Crippen molar-refractivity contribution in [3.8, 4) is 5.75 Å². The highest BCUT2D eigenvalue weighted by atomic mass is 16.6. The number of nitro benzene ring substituents is 1. The van der Waals surface area contributed by atoms with Crippen molar-refractivity contribution in [3.63, 3.8) is 0 Å². The second-order valence-electron chi connectivity index (χ2n) is 5.67. The largest absolute Gasteiger partial charge is 0.479 e. The Labute approximate surface area is 156 Å². The van der Waals surface area contributed by atoms with Gasteiger partial charge in [-0.05, 0) is 31.5 Å². The Kier molecular flexibility index (Phi) is 6.87. The van der Waals surface area contributed by atoms with E-state index in [2.05, 4.69) is 5.32 Å². The molecule has 1 N–H and O–H groups in total. The lowest BCUT2D eigenvalue weighted by Gasteiger charge is -2.19. The molecule has 0 spiro atoms. The van der Waals surface area contributed by atoms with E-state index < -0.39 is 29.0 Å². The number of esters is 1. The molecular formula is C19H20N2O6. The van der Waals surface area contributed by atoms with Gasteiger partial charge in [0.05, 0.1) is 4.92 Å². The van der Waals surface area contributed by atoms with Crippen LogP contribution >= 0.6 is 0 Å². The molecule has 8 nitrogen and oxygen atoms in total. The van der Waals surface area contributed by atoms with Gasteiger partial charge in [-0.25, -0.2) is 4.79 Å².